The number of thioether (sulfide) groups is 1. The molecule has 3 heterocycles. The first kappa shape index (κ1) is 24.6. The van der Waals surface area contributed by atoms with Crippen LogP contribution in [0.3, 0.4) is 0 Å². The minimum absolute atomic E-state index is 0.204. The van der Waals surface area contributed by atoms with Crippen molar-refractivity contribution in [3.05, 3.63) is 92.4 Å². The van der Waals surface area contributed by atoms with E-state index >= 15 is 0 Å². The van der Waals surface area contributed by atoms with Crippen molar-refractivity contribution in [2.24, 2.45) is 5.92 Å². The summed E-state index contributed by atoms with van der Waals surface area (Å²) in [5.74, 6) is -2.89. The van der Waals surface area contributed by atoms with E-state index in [9.17, 15) is 27.9 Å². The number of aromatic nitrogens is 1. The summed E-state index contributed by atoms with van der Waals surface area (Å²) >= 11 is 8.16. The zero-order valence-electron chi connectivity index (χ0n) is 19.0. The van der Waals surface area contributed by atoms with Crippen molar-refractivity contribution in [1.29, 1.82) is 0 Å². The second-order valence-electron chi connectivity index (χ2n) is 8.81. The number of hydrogen-bond donors (Lipinski definition) is 1. The van der Waals surface area contributed by atoms with E-state index in [0.29, 0.717) is 10.8 Å². The third-order valence-electron chi connectivity index (χ3n) is 6.52. The maximum Gasteiger partial charge on any atom is 0.393 e. The quantitative estimate of drug-likeness (QED) is 0.502. The Balaban J connectivity index is 1.73. The molecule has 5 rings (SSSR count). The van der Waals surface area contributed by atoms with Gasteiger partial charge >= 0.3 is 6.18 Å². The monoisotopic (exact) mass is 535 g/mol. The summed E-state index contributed by atoms with van der Waals surface area (Å²) in [6, 6.07) is 13.7. The lowest BCUT2D eigenvalue weighted by molar-refractivity contribution is -0.172. The van der Waals surface area contributed by atoms with Gasteiger partial charge in [0.15, 0.2) is 11.4 Å². The number of alkyl halides is 3. The van der Waals surface area contributed by atoms with Crippen LogP contribution >= 0.6 is 23.4 Å². The van der Waals surface area contributed by atoms with Crippen LogP contribution < -0.4 is 10.4 Å². The summed E-state index contributed by atoms with van der Waals surface area (Å²) in [6.45, 7) is 0.161. The molecule has 2 aliphatic heterocycles. The Morgan fingerprint density at radius 2 is 1.83 bits per heavy atom. The number of amides is 1. The number of carbonyl (C=O) groups excluding carboxylic acids is 1. The number of carbonyl (C=O) groups is 1. The molecular weight excluding hydrogens is 515 g/mol. The van der Waals surface area contributed by atoms with Gasteiger partial charge in [-0.05, 0) is 28.8 Å². The molecule has 0 bridgehead atoms. The van der Waals surface area contributed by atoms with Crippen LogP contribution in [-0.4, -0.2) is 40.0 Å². The number of benzene rings is 2. The van der Waals surface area contributed by atoms with Crippen molar-refractivity contribution in [3.8, 4) is 5.75 Å². The van der Waals surface area contributed by atoms with Gasteiger partial charge in [0.05, 0.1) is 12.0 Å². The highest BCUT2D eigenvalue weighted by atomic mass is 35.5. The summed E-state index contributed by atoms with van der Waals surface area (Å²) in [6.07, 6.45) is -3.16. The van der Waals surface area contributed by atoms with E-state index in [1.165, 1.54) is 10.9 Å². The van der Waals surface area contributed by atoms with Gasteiger partial charge in [-0.2, -0.15) is 13.2 Å². The number of nitrogens with zero attached hydrogens (tertiary/aromatic N) is 3. The SMILES string of the molecule is C[C@@H](CN1CN([C@@H]2c3ccccc3SCc3c(Cl)cccc32)n2ccc(=O)c(O)c2C1=O)C(F)(F)F. The van der Waals surface area contributed by atoms with Crippen molar-refractivity contribution in [1.82, 2.24) is 9.58 Å². The first-order valence-corrected chi connectivity index (χ1v) is 12.5. The third-order valence-corrected chi connectivity index (χ3v) is 7.99. The molecule has 0 spiro atoms. The minimum Gasteiger partial charge on any atom is -0.502 e. The van der Waals surface area contributed by atoms with Gasteiger partial charge in [-0.1, -0.05) is 48.9 Å². The summed E-state index contributed by atoms with van der Waals surface area (Å²) in [7, 11) is 0. The number of halogens is 4. The summed E-state index contributed by atoms with van der Waals surface area (Å²) in [4.78, 5) is 27.5. The molecular formula is C25H21ClF3N3O3S. The molecule has 6 nitrogen and oxygen atoms in total. The van der Waals surface area contributed by atoms with Gasteiger partial charge in [0.2, 0.25) is 5.43 Å². The maximum absolute atomic E-state index is 13.4. The maximum atomic E-state index is 13.4. The van der Waals surface area contributed by atoms with Gasteiger partial charge in [0, 0.05) is 34.5 Å². The molecule has 36 heavy (non-hydrogen) atoms. The van der Waals surface area contributed by atoms with Gasteiger partial charge in [0.1, 0.15) is 6.67 Å². The van der Waals surface area contributed by atoms with E-state index in [1.807, 2.05) is 30.3 Å². The average molecular weight is 536 g/mol. The predicted octanol–water partition coefficient (Wildman–Crippen LogP) is 5.15. The number of aromatic hydroxyl groups is 1. The Morgan fingerprint density at radius 1 is 1.11 bits per heavy atom. The first-order valence-electron chi connectivity index (χ1n) is 11.1. The molecule has 2 aliphatic rings. The molecule has 188 valence electrons. The van der Waals surface area contributed by atoms with Crippen LogP contribution in [0, 0.1) is 5.92 Å². The van der Waals surface area contributed by atoms with E-state index in [4.69, 9.17) is 11.6 Å². The second kappa shape index (κ2) is 9.08. The smallest absolute Gasteiger partial charge is 0.393 e. The highest BCUT2D eigenvalue weighted by Crippen LogP contribution is 2.44. The molecule has 11 heteroatoms. The van der Waals surface area contributed by atoms with Crippen LogP contribution in [0.5, 0.6) is 5.75 Å². The number of pyridine rings is 1. The summed E-state index contributed by atoms with van der Waals surface area (Å²) < 4.78 is 41.7. The minimum atomic E-state index is -4.52. The fraction of sp³-hybridized carbons (Fsp3) is 0.280. The topological polar surface area (TPSA) is 65.8 Å². The van der Waals surface area contributed by atoms with E-state index in [-0.39, 0.29) is 12.4 Å². The van der Waals surface area contributed by atoms with Crippen molar-refractivity contribution in [2.45, 2.75) is 29.8 Å². The molecule has 0 radical (unpaired) electrons. The van der Waals surface area contributed by atoms with E-state index in [1.54, 1.807) is 28.9 Å². The summed E-state index contributed by atoms with van der Waals surface area (Å²) in [5.41, 5.74) is 1.39. The Labute approximate surface area is 213 Å². The molecule has 1 N–H and O–H groups in total. The fourth-order valence-corrected chi connectivity index (χ4v) is 6.10. The van der Waals surface area contributed by atoms with Gasteiger partial charge in [-0.15, -0.1) is 11.8 Å². The van der Waals surface area contributed by atoms with Crippen molar-refractivity contribution in [3.63, 3.8) is 0 Å². The Bertz CT molecular complexity index is 1410. The lowest BCUT2D eigenvalue weighted by Crippen LogP contribution is -2.57. The highest BCUT2D eigenvalue weighted by molar-refractivity contribution is 7.98. The third kappa shape index (κ3) is 4.12. The highest BCUT2D eigenvalue weighted by Gasteiger charge is 2.43. The fourth-order valence-electron chi connectivity index (χ4n) is 4.63. The predicted molar refractivity (Wildman–Crippen MR) is 131 cm³/mol. The lowest BCUT2D eigenvalue weighted by Gasteiger charge is -2.44. The Hall–Kier alpha value is -3.11. The van der Waals surface area contributed by atoms with Gasteiger partial charge in [-0.25, -0.2) is 0 Å². The van der Waals surface area contributed by atoms with E-state index in [0.717, 1.165) is 39.5 Å². The standard InChI is InChI=1S/C25H21ClF3N3O3S/c1-14(25(27,28)29)11-30-13-32(31-10-9-19(33)23(34)22(31)24(30)35)21-15-6-4-7-18(26)17(15)12-36-20-8-3-2-5-16(20)21/h2-10,14,21,34H,11-13H2,1H3/t14-,21-/m0/s1. The van der Waals surface area contributed by atoms with E-state index in [2.05, 4.69) is 0 Å². The molecule has 2 aromatic carbocycles. The number of rotatable bonds is 3. The van der Waals surface area contributed by atoms with E-state index < -0.39 is 41.8 Å². The molecule has 0 saturated heterocycles. The molecule has 1 amide bonds. The van der Waals surface area contributed by atoms with Gasteiger partial charge in [-0.3, -0.25) is 19.3 Å². The van der Waals surface area contributed by atoms with Gasteiger partial charge in [0.25, 0.3) is 5.91 Å². The molecule has 0 unspecified atom stereocenters. The average Bonchev–Trinajstić information content (AvgIpc) is 3.00. The van der Waals surface area contributed by atoms with Crippen LogP contribution in [0.15, 0.2) is 64.4 Å². The van der Waals surface area contributed by atoms with Crippen LogP contribution in [0.4, 0.5) is 13.2 Å². The number of hydrogen-bond acceptors (Lipinski definition) is 5. The van der Waals surface area contributed by atoms with Crippen LogP contribution in [-0.2, 0) is 5.75 Å². The Kier molecular flexibility index (Phi) is 6.20. The lowest BCUT2D eigenvalue weighted by atomic mass is 9.94. The van der Waals surface area contributed by atoms with Crippen molar-refractivity contribution < 1.29 is 23.1 Å². The molecule has 2 atom stereocenters. The zero-order valence-corrected chi connectivity index (χ0v) is 20.6. The first-order chi connectivity index (χ1) is 17.1. The second-order valence-corrected chi connectivity index (χ2v) is 10.2. The molecule has 3 aromatic rings. The molecule has 0 aliphatic carbocycles. The van der Waals surface area contributed by atoms with Crippen molar-refractivity contribution >= 4 is 29.3 Å². The zero-order chi connectivity index (χ0) is 25.8. The summed E-state index contributed by atoms with van der Waals surface area (Å²) in [5, 5.41) is 12.8. The number of fused-ring (bicyclic) bond motifs is 3. The molecule has 1 aromatic heterocycles. The largest absolute Gasteiger partial charge is 0.502 e. The van der Waals surface area contributed by atoms with Crippen LogP contribution in [0.1, 0.15) is 40.1 Å². The van der Waals surface area contributed by atoms with Crippen molar-refractivity contribution in [2.75, 3.05) is 18.2 Å². The molecule has 0 saturated carbocycles. The Morgan fingerprint density at radius 3 is 2.58 bits per heavy atom. The van der Waals surface area contributed by atoms with Crippen LogP contribution in [0.25, 0.3) is 0 Å². The van der Waals surface area contributed by atoms with Crippen LogP contribution in [0.2, 0.25) is 5.02 Å². The van der Waals surface area contributed by atoms with Gasteiger partial charge < -0.3 is 10.0 Å². The normalized spacial score (nSPS) is 18.2. The molecule has 0 fully saturated rings.